The molecule has 1 aliphatic heterocycles. The van der Waals surface area contributed by atoms with Gasteiger partial charge in [0.2, 0.25) is 0 Å². The smallest absolute Gasteiger partial charge is 0.0233 e. The van der Waals surface area contributed by atoms with Crippen molar-refractivity contribution in [2.75, 3.05) is 13.1 Å². The van der Waals surface area contributed by atoms with Crippen molar-refractivity contribution >= 4 is 0 Å². The molecule has 2 aliphatic rings. The van der Waals surface area contributed by atoms with Gasteiger partial charge in [-0.2, -0.15) is 0 Å². The minimum atomic E-state index is 0.800. The Morgan fingerprint density at radius 3 is 2.29 bits per heavy atom. The van der Waals surface area contributed by atoms with Gasteiger partial charge in [0, 0.05) is 19.1 Å². The van der Waals surface area contributed by atoms with Crippen LogP contribution in [0.2, 0.25) is 0 Å². The fraction of sp³-hybridized carbons (Fsp3) is 0.684. The largest absolute Gasteiger partial charge is 0.310 e. The van der Waals surface area contributed by atoms with Crippen LogP contribution < -0.4 is 5.32 Å². The number of nitrogens with zero attached hydrogens (tertiary/aromatic N) is 1. The third-order valence-corrected chi connectivity index (χ3v) is 5.01. The molecule has 0 amide bonds. The molecule has 0 atom stereocenters. The highest BCUT2D eigenvalue weighted by Gasteiger charge is 2.20. The normalized spacial score (nSPS) is 20.8. The molecule has 0 unspecified atom stereocenters. The van der Waals surface area contributed by atoms with Gasteiger partial charge < -0.3 is 5.32 Å². The minimum absolute atomic E-state index is 0.800. The molecule has 116 valence electrons. The summed E-state index contributed by atoms with van der Waals surface area (Å²) in [6.45, 7) is 7.06. The van der Waals surface area contributed by atoms with Crippen molar-refractivity contribution in [1.82, 2.24) is 10.2 Å². The van der Waals surface area contributed by atoms with E-state index in [0.29, 0.717) is 0 Å². The lowest BCUT2D eigenvalue weighted by Crippen LogP contribution is -2.33. The van der Waals surface area contributed by atoms with Crippen LogP contribution in [0, 0.1) is 5.92 Å². The van der Waals surface area contributed by atoms with Gasteiger partial charge >= 0.3 is 0 Å². The number of likely N-dealkylation sites (tertiary alicyclic amines) is 1. The molecule has 1 aromatic rings. The highest BCUT2D eigenvalue weighted by molar-refractivity contribution is 5.22. The molecule has 1 N–H and O–H groups in total. The Labute approximate surface area is 129 Å². The van der Waals surface area contributed by atoms with Crippen LogP contribution >= 0.6 is 0 Å². The zero-order valence-corrected chi connectivity index (χ0v) is 13.5. The first kappa shape index (κ1) is 15.1. The maximum Gasteiger partial charge on any atom is 0.0233 e. The van der Waals surface area contributed by atoms with Crippen molar-refractivity contribution in [1.29, 1.82) is 0 Å². The van der Waals surface area contributed by atoms with Crippen molar-refractivity contribution in [2.45, 2.75) is 64.6 Å². The zero-order chi connectivity index (χ0) is 14.5. The van der Waals surface area contributed by atoms with Crippen LogP contribution in [0.15, 0.2) is 24.3 Å². The van der Waals surface area contributed by atoms with Gasteiger partial charge in [-0.1, -0.05) is 44.0 Å². The lowest BCUT2D eigenvalue weighted by atomic mass is 9.92. The van der Waals surface area contributed by atoms with Crippen LogP contribution in [-0.2, 0) is 13.1 Å². The SMILES string of the molecule is CCCC1CCN(Cc2ccc(CNC3CC3)cc2)CC1. The number of piperidine rings is 1. The number of nitrogens with one attached hydrogen (secondary N) is 1. The van der Waals surface area contributed by atoms with Gasteiger partial charge in [0.05, 0.1) is 0 Å². The predicted octanol–water partition coefficient (Wildman–Crippen LogP) is 3.95. The van der Waals surface area contributed by atoms with E-state index in [1.165, 1.54) is 62.7 Å². The van der Waals surface area contributed by atoms with Gasteiger partial charge in [0.1, 0.15) is 0 Å². The average molecular weight is 286 g/mol. The van der Waals surface area contributed by atoms with Crippen LogP contribution in [0.4, 0.5) is 0 Å². The maximum absolute atomic E-state index is 3.58. The van der Waals surface area contributed by atoms with Gasteiger partial charge in [-0.3, -0.25) is 4.90 Å². The molecule has 1 saturated heterocycles. The Morgan fingerprint density at radius 1 is 1.00 bits per heavy atom. The molecule has 2 fully saturated rings. The first-order chi connectivity index (χ1) is 10.3. The highest BCUT2D eigenvalue weighted by Crippen LogP contribution is 2.23. The molecule has 1 aliphatic carbocycles. The van der Waals surface area contributed by atoms with E-state index in [9.17, 15) is 0 Å². The lowest BCUT2D eigenvalue weighted by Gasteiger charge is -2.31. The third-order valence-electron chi connectivity index (χ3n) is 5.01. The van der Waals surface area contributed by atoms with E-state index in [2.05, 4.69) is 41.4 Å². The molecule has 0 spiro atoms. The summed E-state index contributed by atoms with van der Waals surface area (Å²) in [6, 6.07) is 10.0. The second-order valence-corrected chi connectivity index (χ2v) is 6.98. The van der Waals surface area contributed by atoms with E-state index < -0.39 is 0 Å². The van der Waals surface area contributed by atoms with Gasteiger partial charge in [0.25, 0.3) is 0 Å². The number of hydrogen-bond acceptors (Lipinski definition) is 2. The molecule has 2 heteroatoms. The quantitative estimate of drug-likeness (QED) is 0.816. The Hall–Kier alpha value is -0.860. The number of rotatable bonds is 7. The topological polar surface area (TPSA) is 15.3 Å². The molecule has 1 saturated carbocycles. The van der Waals surface area contributed by atoms with Crippen molar-refractivity contribution in [3.05, 3.63) is 35.4 Å². The standard InChI is InChI=1S/C19H30N2/c1-2-3-16-10-12-21(13-11-16)15-18-6-4-17(5-7-18)14-20-19-8-9-19/h4-7,16,19-20H,2-3,8-15H2,1H3. The van der Waals surface area contributed by atoms with Crippen molar-refractivity contribution in [3.8, 4) is 0 Å². The summed E-state index contributed by atoms with van der Waals surface area (Å²) in [5.74, 6) is 0.988. The fourth-order valence-electron chi connectivity index (χ4n) is 3.41. The molecule has 0 bridgehead atoms. The van der Waals surface area contributed by atoms with Crippen molar-refractivity contribution in [3.63, 3.8) is 0 Å². The molecule has 0 radical (unpaired) electrons. The van der Waals surface area contributed by atoms with E-state index in [1.807, 2.05) is 0 Å². The highest BCUT2D eigenvalue weighted by atomic mass is 15.1. The summed E-state index contributed by atoms with van der Waals surface area (Å²) >= 11 is 0. The first-order valence-corrected chi connectivity index (χ1v) is 8.87. The summed E-state index contributed by atoms with van der Waals surface area (Å²) in [4.78, 5) is 2.63. The molecule has 0 aromatic heterocycles. The van der Waals surface area contributed by atoms with E-state index in [0.717, 1.165) is 25.0 Å². The summed E-state index contributed by atoms with van der Waals surface area (Å²) < 4.78 is 0. The van der Waals surface area contributed by atoms with E-state index in [-0.39, 0.29) is 0 Å². The second kappa shape index (κ2) is 7.42. The summed E-state index contributed by atoms with van der Waals surface area (Å²) in [6.07, 6.45) is 8.31. The molecule has 21 heavy (non-hydrogen) atoms. The Balaban J connectivity index is 1.42. The molecule has 1 aromatic carbocycles. The molecule has 1 heterocycles. The monoisotopic (exact) mass is 286 g/mol. The Kier molecular flexibility index (Phi) is 5.32. The maximum atomic E-state index is 3.58. The molecular formula is C19H30N2. The third kappa shape index (κ3) is 4.82. The van der Waals surface area contributed by atoms with Gasteiger partial charge in [0.15, 0.2) is 0 Å². The van der Waals surface area contributed by atoms with Crippen molar-refractivity contribution in [2.24, 2.45) is 5.92 Å². The van der Waals surface area contributed by atoms with E-state index in [1.54, 1.807) is 0 Å². The number of benzene rings is 1. The van der Waals surface area contributed by atoms with Crippen LogP contribution in [0.1, 0.15) is 56.6 Å². The van der Waals surface area contributed by atoms with Crippen LogP contribution in [0.3, 0.4) is 0 Å². The van der Waals surface area contributed by atoms with Crippen LogP contribution in [0.25, 0.3) is 0 Å². The predicted molar refractivity (Wildman–Crippen MR) is 89.2 cm³/mol. The average Bonchev–Trinajstić information content (AvgIpc) is 3.33. The molecule has 2 nitrogen and oxygen atoms in total. The minimum Gasteiger partial charge on any atom is -0.310 e. The summed E-state index contributed by atoms with van der Waals surface area (Å²) in [5.41, 5.74) is 2.89. The Morgan fingerprint density at radius 2 is 1.67 bits per heavy atom. The van der Waals surface area contributed by atoms with Crippen LogP contribution in [0.5, 0.6) is 0 Å². The van der Waals surface area contributed by atoms with Crippen molar-refractivity contribution < 1.29 is 0 Å². The summed E-state index contributed by atoms with van der Waals surface area (Å²) in [7, 11) is 0. The van der Waals surface area contributed by atoms with E-state index >= 15 is 0 Å². The molecule has 3 rings (SSSR count). The number of hydrogen-bond donors (Lipinski definition) is 1. The fourth-order valence-corrected chi connectivity index (χ4v) is 3.41. The first-order valence-electron chi connectivity index (χ1n) is 8.87. The zero-order valence-electron chi connectivity index (χ0n) is 13.5. The lowest BCUT2D eigenvalue weighted by molar-refractivity contribution is 0.172. The summed E-state index contributed by atoms with van der Waals surface area (Å²) in [5, 5.41) is 3.58. The van der Waals surface area contributed by atoms with Gasteiger partial charge in [-0.05, 0) is 55.8 Å². The van der Waals surface area contributed by atoms with Gasteiger partial charge in [-0.15, -0.1) is 0 Å². The van der Waals surface area contributed by atoms with Crippen LogP contribution in [-0.4, -0.2) is 24.0 Å². The second-order valence-electron chi connectivity index (χ2n) is 6.98. The van der Waals surface area contributed by atoms with Gasteiger partial charge in [-0.25, -0.2) is 0 Å². The Bertz CT molecular complexity index is 414. The molecular weight excluding hydrogens is 256 g/mol. The van der Waals surface area contributed by atoms with E-state index in [4.69, 9.17) is 0 Å².